The number of aryl methyl sites for hydroxylation is 1. The molecule has 0 atom stereocenters. The van der Waals surface area contributed by atoms with Crippen LogP contribution in [-0.2, 0) is 6.54 Å². The third-order valence-corrected chi connectivity index (χ3v) is 3.79. The van der Waals surface area contributed by atoms with Gasteiger partial charge in [0.2, 0.25) is 0 Å². The van der Waals surface area contributed by atoms with Crippen molar-refractivity contribution in [2.45, 2.75) is 40.2 Å². The van der Waals surface area contributed by atoms with E-state index in [4.69, 9.17) is 4.42 Å². The van der Waals surface area contributed by atoms with Gasteiger partial charge in [-0.3, -0.25) is 0 Å². The van der Waals surface area contributed by atoms with Gasteiger partial charge >= 0.3 is 5.63 Å². The highest BCUT2D eigenvalue weighted by Crippen LogP contribution is 2.25. The monoisotopic (exact) mass is 290 g/mol. The van der Waals surface area contributed by atoms with Crippen LogP contribution in [0.25, 0.3) is 11.0 Å². The topological polar surface area (TPSA) is 54.9 Å². The molecule has 0 bridgehead atoms. The van der Waals surface area contributed by atoms with Gasteiger partial charge in [0.15, 0.2) is 0 Å². The SMILES string of the molecule is CCC[NH+](CCC)Cc1cc(=O)oc2cc(C)c(O)cc12. The molecule has 0 saturated carbocycles. The van der Waals surface area contributed by atoms with Crippen molar-refractivity contribution < 1.29 is 14.4 Å². The zero-order valence-corrected chi connectivity index (χ0v) is 13.0. The van der Waals surface area contributed by atoms with E-state index in [2.05, 4.69) is 13.8 Å². The number of aromatic hydroxyl groups is 1. The van der Waals surface area contributed by atoms with Crippen LogP contribution in [0.3, 0.4) is 0 Å². The molecule has 21 heavy (non-hydrogen) atoms. The minimum atomic E-state index is -0.324. The maximum absolute atomic E-state index is 11.8. The fourth-order valence-electron chi connectivity index (χ4n) is 2.79. The standard InChI is InChI=1S/C17H23NO3/c1-4-6-18(7-5-2)11-13-9-17(20)21-16-8-12(3)15(19)10-14(13)16/h8-10,19H,4-7,11H2,1-3H3/p+1. The predicted molar refractivity (Wildman–Crippen MR) is 83.9 cm³/mol. The van der Waals surface area contributed by atoms with Gasteiger partial charge < -0.3 is 14.4 Å². The van der Waals surface area contributed by atoms with Crippen molar-refractivity contribution in [2.24, 2.45) is 0 Å². The lowest BCUT2D eigenvalue weighted by atomic mass is 10.1. The number of nitrogens with one attached hydrogen (secondary N) is 1. The van der Waals surface area contributed by atoms with Gasteiger partial charge in [-0.1, -0.05) is 13.8 Å². The lowest BCUT2D eigenvalue weighted by Crippen LogP contribution is -3.10. The fourth-order valence-corrected chi connectivity index (χ4v) is 2.79. The van der Waals surface area contributed by atoms with Gasteiger partial charge in [0, 0.05) is 17.0 Å². The molecule has 114 valence electrons. The number of phenolic OH excluding ortho intramolecular Hbond substituents is 1. The molecular formula is C17H24NO3+. The number of quaternary nitrogens is 1. The van der Waals surface area contributed by atoms with Crippen molar-refractivity contribution in [3.05, 3.63) is 39.7 Å². The van der Waals surface area contributed by atoms with Crippen LogP contribution >= 0.6 is 0 Å². The van der Waals surface area contributed by atoms with Gasteiger partial charge in [-0.2, -0.15) is 0 Å². The molecule has 0 spiro atoms. The molecule has 4 heteroatoms. The molecule has 0 fully saturated rings. The zero-order chi connectivity index (χ0) is 15.4. The Morgan fingerprint density at radius 1 is 1.14 bits per heavy atom. The molecule has 4 nitrogen and oxygen atoms in total. The van der Waals surface area contributed by atoms with Gasteiger partial charge in [0.1, 0.15) is 17.9 Å². The molecule has 0 radical (unpaired) electrons. The van der Waals surface area contributed by atoms with Crippen molar-refractivity contribution in [3.63, 3.8) is 0 Å². The summed E-state index contributed by atoms with van der Waals surface area (Å²) in [7, 11) is 0. The molecule has 0 aliphatic heterocycles. The van der Waals surface area contributed by atoms with Crippen molar-refractivity contribution in [1.82, 2.24) is 0 Å². The highest BCUT2D eigenvalue weighted by molar-refractivity contribution is 5.82. The Labute approximate surface area is 125 Å². The molecule has 0 aliphatic rings. The van der Waals surface area contributed by atoms with E-state index >= 15 is 0 Å². The Kier molecular flexibility index (Phi) is 5.02. The van der Waals surface area contributed by atoms with E-state index in [0.717, 1.165) is 43.4 Å². The molecule has 1 aromatic heterocycles. The molecular weight excluding hydrogens is 266 g/mol. The van der Waals surface area contributed by atoms with Gasteiger partial charge in [0.25, 0.3) is 0 Å². The van der Waals surface area contributed by atoms with Crippen molar-refractivity contribution >= 4 is 11.0 Å². The first-order chi connectivity index (χ1) is 10.0. The second kappa shape index (κ2) is 6.76. The van der Waals surface area contributed by atoms with Gasteiger partial charge in [0.05, 0.1) is 13.1 Å². The maximum Gasteiger partial charge on any atom is 0.336 e. The Bertz CT molecular complexity index is 670. The van der Waals surface area contributed by atoms with E-state index < -0.39 is 0 Å². The van der Waals surface area contributed by atoms with Crippen LogP contribution in [0.5, 0.6) is 5.75 Å². The van der Waals surface area contributed by atoms with Crippen LogP contribution in [0, 0.1) is 6.92 Å². The Morgan fingerprint density at radius 2 is 1.81 bits per heavy atom. The smallest absolute Gasteiger partial charge is 0.336 e. The molecule has 0 saturated heterocycles. The molecule has 1 aromatic carbocycles. The van der Waals surface area contributed by atoms with E-state index in [1.807, 2.05) is 0 Å². The summed E-state index contributed by atoms with van der Waals surface area (Å²) >= 11 is 0. The van der Waals surface area contributed by atoms with E-state index in [1.54, 1.807) is 25.1 Å². The predicted octanol–water partition coefficient (Wildman–Crippen LogP) is 2.01. The minimum Gasteiger partial charge on any atom is -0.508 e. The Morgan fingerprint density at radius 3 is 2.43 bits per heavy atom. The van der Waals surface area contributed by atoms with Crippen LogP contribution in [0.2, 0.25) is 0 Å². The van der Waals surface area contributed by atoms with Gasteiger partial charge in [-0.05, 0) is 37.5 Å². The second-order valence-corrected chi connectivity index (χ2v) is 5.65. The summed E-state index contributed by atoms with van der Waals surface area (Å²) in [6.07, 6.45) is 2.22. The summed E-state index contributed by atoms with van der Waals surface area (Å²) in [6.45, 7) is 9.07. The van der Waals surface area contributed by atoms with E-state index in [0.29, 0.717) is 11.1 Å². The number of phenols is 1. The summed E-state index contributed by atoms with van der Waals surface area (Å²) in [5, 5.41) is 10.8. The summed E-state index contributed by atoms with van der Waals surface area (Å²) < 4.78 is 5.26. The van der Waals surface area contributed by atoms with Crippen LogP contribution in [-0.4, -0.2) is 18.2 Å². The molecule has 2 rings (SSSR count). The molecule has 0 amide bonds. The molecule has 1 heterocycles. The Hall–Kier alpha value is -1.81. The average Bonchev–Trinajstić information content (AvgIpc) is 2.41. The van der Waals surface area contributed by atoms with Gasteiger partial charge in [-0.15, -0.1) is 0 Å². The third kappa shape index (κ3) is 3.64. The number of hydrogen-bond acceptors (Lipinski definition) is 3. The number of fused-ring (bicyclic) bond motifs is 1. The summed E-state index contributed by atoms with van der Waals surface area (Å²) in [6, 6.07) is 5.00. The first kappa shape index (κ1) is 15.6. The maximum atomic E-state index is 11.8. The number of benzene rings is 1. The average molecular weight is 290 g/mol. The highest BCUT2D eigenvalue weighted by Gasteiger charge is 2.14. The molecule has 0 aliphatic carbocycles. The molecule has 0 unspecified atom stereocenters. The summed E-state index contributed by atoms with van der Waals surface area (Å²) in [5.74, 6) is 0.241. The third-order valence-electron chi connectivity index (χ3n) is 3.79. The van der Waals surface area contributed by atoms with Crippen molar-refractivity contribution in [2.75, 3.05) is 13.1 Å². The number of rotatable bonds is 6. The quantitative estimate of drug-likeness (QED) is 0.800. The largest absolute Gasteiger partial charge is 0.508 e. The lowest BCUT2D eigenvalue weighted by Gasteiger charge is -2.19. The normalized spacial score (nSPS) is 11.4. The summed E-state index contributed by atoms with van der Waals surface area (Å²) in [5.41, 5.74) is 1.90. The van der Waals surface area contributed by atoms with Crippen LogP contribution < -0.4 is 10.5 Å². The van der Waals surface area contributed by atoms with Crippen LogP contribution in [0.15, 0.2) is 27.4 Å². The molecule has 2 aromatic rings. The van der Waals surface area contributed by atoms with Gasteiger partial charge in [-0.25, -0.2) is 4.79 Å². The fraction of sp³-hybridized carbons (Fsp3) is 0.471. The van der Waals surface area contributed by atoms with Crippen LogP contribution in [0.4, 0.5) is 0 Å². The summed E-state index contributed by atoms with van der Waals surface area (Å²) in [4.78, 5) is 13.2. The van der Waals surface area contributed by atoms with E-state index in [-0.39, 0.29) is 11.4 Å². The highest BCUT2D eigenvalue weighted by atomic mass is 16.4. The number of hydrogen-bond donors (Lipinski definition) is 2. The minimum absolute atomic E-state index is 0.241. The molecule has 2 N–H and O–H groups in total. The van der Waals surface area contributed by atoms with E-state index in [1.165, 1.54) is 4.90 Å². The zero-order valence-electron chi connectivity index (χ0n) is 13.0. The van der Waals surface area contributed by atoms with Crippen molar-refractivity contribution in [1.29, 1.82) is 0 Å². The first-order valence-electron chi connectivity index (χ1n) is 7.65. The Balaban J connectivity index is 2.46. The lowest BCUT2D eigenvalue weighted by molar-refractivity contribution is -0.913. The second-order valence-electron chi connectivity index (χ2n) is 5.65. The van der Waals surface area contributed by atoms with E-state index in [9.17, 15) is 9.90 Å². The van der Waals surface area contributed by atoms with Crippen molar-refractivity contribution in [3.8, 4) is 5.75 Å². The van der Waals surface area contributed by atoms with Crippen LogP contribution in [0.1, 0.15) is 37.8 Å². The first-order valence-corrected chi connectivity index (χ1v) is 7.65.